The van der Waals surface area contributed by atoms with E-state index in [4.69, 9.17) is 11.6 Å². The molecule has 0 saturated carbocycles. The quantitative estimate of drug-likeness (QED) is 0.680. The van der Waals surface area contributed by atoms with E-state index in [1.54, 1.807) is 0 Å². The third-order valence-corrected chi connectivity index (χ3v) is 5.92. The normalized spacial score (nSPS) is 26.0. The molecule has 2 aliphatic heterocycles. The van der Waals surface area contributed by atoms with Crippen molar-refractivity contribution in [2.75, 3.05) is 18.4 Å². The van der Waals surface area contributed by atoms with E-state index in [0.717, 1.165) is 4.31 Å². The zero-order valence-electron chi connectivity index (χ0n) is 10.8. The number of hydrogen-bond acceptors (Lipinski definition) is 5. The van der Waals surface area contributed by atoms with E-state index in [9.17, 15) is 23.4 Å². The summed E-state index contributed by atoms with van der Waals surface area (Å²) in [5.41, 5.74) is 1.06. The number of aliphatic hydroxyl groups excluding tert-OH is 2. The van der Waals surface area contributed by atoms with Gasteiger partial charge < -0.3 is 15.5 Å². The molecule has 1 aromatic rings. The molecule has 1 saturated heterocycles. The number of amides is 1. The SMILES string of the molecule is O=C1Cc2cc(S(=O)(=O)N3C[C@@H](O)[C@@H](O)C3)c(Cl)cc2N1. The molecule has 9 heteroatoms. The maximum absolute atomic E-state index is 12.5. The van der Waals surface area contributed by atoms with E-state index >= 15 is 0 Å². The highest BCUT2D eigenvalue weighted by Gasteiger charge is 2.39. The van der Waals surface area contributed by atoms with E-state index < -0.39 is 22.2 Å². The average molecular weight is 333 g/mol. The topological polar surface area (TPSA) is 107 Å². The lowest BCUT2D eigenvalue weighted by Crippen LogP contribution is -2.30. The minimum atomic E-state index is -3.93. The van der Waals surface area contributed by atoms with Gasteiger partial charge in [-0.05, 0) is 17.7 Å². The molecular weight excluding hydrogens is 320 g/mol. The Bertz CT molecular complexity index is 711. The molecule has 2 aliphatic rings. The molecule has 3 rings (SSSR count). The number of nitrogens with one attached hydrogen (secondary N) is 1. The molecule has 0 unspecified atom stereocenters. The highest BCUT2D eigenvalue weighted by Crippen LogP contribution is 2.34. The summed E-state index contributed by atoms with van der Waals surface area (Å²) in [7, 11) is -3.93. The molecular formula is C12H13ClN2O5S. The first-order chi connectivity index (χ1) is 9.79. The smallest absolute Gasteiger partial charge is 0.244 e. The first kappa shape index (κ1) is 14.7. The van der Waals surface area contributed by atoms with Crippen LogP contribution in [0, 0.1) is 0 Å². The Kier molecular flexibility index (Phi) is 3.45. The summed E-state index contributed by atoms with van der Waals surface area (Å²) in [5, 5.41) is 21.6. The molecule has 0 spiro atoms. The monoisotopic (exact) mass is 332 g/mol. The van der Waals surface area contributed by atoms with Crippen LogP contribution in [-0.2, 0) is 21.2 Å². The summed E-state index contributed by atoms with van der Waals surface area (Å²) >= 11 is 6.01. The van der Waals surface area contributed by atoms with Crippen molar-refractivity contribution in [2.45, 2.75) is 23.5 Å². The third-order valence-electron chi connectivity index (χ3n) is 3.63. The van der Waals surface area contributed by atoms with Crippen LogP contribution < -0.4 is 5.32 Å². The number of fused-ring (bicyclic) bond motifs is 1. The number of anilines is 1. The Balaban J connectivity index is 2.01. The van der Waals surface area contributed by atoms with Crippen LogP contribution in [0.25, 0.3) is 0 Å². The van der Waals surface area contributed by atoms with Crippen molar-refractivity contribution in [3.05, 3.63) is 22.7 Å². The van der Waals surface area contributed by atoms with Crippen LogP contribution in [0.2, 0.25) is 5.02 Å². The summed E-state index contributed by atoms with van der Waals surface area (Å²) in [4.78, 5) is 11.2. The summed E-state index contributed by atoms with van der Waals surface area (Å²) in [6.07, 6.45) is -2.13. The number of nitrogens with zero attached hydrogens (tertiary/aromatic N) is 1. The zero-order chi connectivity index (χ0) is 15.4. The van der Waals surface area contributed by atoms with Gasteiger partial charge in [0.05, 0.1) is 23.7 Å². The lowest BCUT2D eigenvalue weighted by atomic mass is 10.2. The lowest BCUT2D eigenvalue weighted by molar-refractivity contribution is -0.115. The molecule has 21 heavy (non-hydrogen) atoms. The molecule has 0 aliphatic carbocycles. The number of halogens is 1. The molecule has 1 amide bonds. The molecule has 0 bridgehead atoms. The van der Waals surface area contributed by atoms with E-state index in [-0.39, 0.29) is 35.3 Å². The summed E-state index contributed by atoms with van der Waals surface area (Å²) in [6, 6.07) is 2.76. The Hall–Kier alpha value is -1.19. The van der Waals surface area contributed by atoms with Crippen molar-refractivity contribution in [1.29, 1.82) is 0 Å². The predicted octanol–water partition coefficient (Wildman–Crippen LogP) is -0.439. The van der Waals surface area contributed by atoms with Gasteiger partial charge in [0.2, 0.25) is 15.9 Å². The van der Waals surface area contributed by atoms with Crippen LogP contribution in [0.4, 0.5) is 5.69 Å². The van der Waals surface area contributed by atoms with Gasteiger partial charge in [-0.1, -0.05) is 11.6 Å². The number of aliphatic hydroxyl groups is 2. The van der Waals surface area contributed by atoms with Crippen LogP contribution in [0.15, 0.2) is 17.0 Å². The molecule has 2 heterocycles. The Morgan fingerprint density at radius 2 is 1.86 bits per heavy atom. The highest BCUT2D eigenvalue weighted by atomic mass is 35.5. The van der Waals surface area contributed by atoms with Crippen molar-refractivity contribution in [3.63, 3.8) is 0 Å². The van der Waals surface area contributed by atoms with E-state index in [1.807, 2.05) is 0 Å². The highest BCUT2D eigenvalue weighted by molar-refractivity contribution is 7.89. The number of hydrogen-bond donors (Lipinski definition) is 3. The standard InChI is InChI=1S/C12H13ClN2O5S/c13-7-3-8-6(2-12(18)14-8)1-11(7)21(19,20)15-4-9(16)10(17)5-15/h1,3,9-10,16-17H,2,4-5H2,(H,14,18)/t9-,10+. The molecule has 2 atom stereocenters. The van der Waals surface area contributed by atoms with Gasteiger partial charge in [0.15, 0.2) is 0 Å². The van der Waals surface area contributed by atoms with Gasteiger partial charge in [-0.3, -0.25) is 4.79 Å². The predicted molar refractivity (Wildman–Crippen MR) is 74.6 cm³/mol. The Morgan fingerprint density at radius 3 is 2.48 bits per heavy atom. The van der Waals surface area contributed by atoms with Crippen molar-refractivity contribution >= 4 is 33.2 Å². The number of sulfonamides is 1. The van der Waals surface area contributed by atoms with Crippen molar-refractivity contribution < 1.29 is 23.4 Å². The fourth-order valence-corrected chi connectivity index (χ4v) is 4.52. The molecule has 7 nitrogen and oxygen atoms in total. The van der Waals surface area contributed by atoms with Gasteiger partial charge in [-0.15, -0.1) is 0 Å². The van der Waals surface area contributed by atoms with Gasteiger partial charge in [0, 0.05) is 18.8 Å². The molecule has 3 N–H and O–H groups in total. The van der Waals surface area contributed by atoms with Crippen molar-refractivity contribution in [1.82, 2.24) is 4.31 Å². The largest absolute Gasteiger partial charge is 0.389 e. The van der Waals surface area contributed by atoms with E-state index in [0.29, 0.717) is 11.3 Å². The van der Waals surface area contributed by atoms with E-state index in [1.165, 1.54) is 12.1 Å². The van der Waals surface area contributed by atoms with Crippen LogP contribution >= 0.6 is 11.6 Å². The molecule has 114 valence electrons. The second kappa shape index (κ2) is 4.92. The van der Waals surface area contributed by atoms with Crippen LogP contribution in [0.1, 0.15) is 5.56 Å². The Morgan fingerprint density at radius 1 is 1.24 bits per heavy atom. The second-order valence-electron chi connectivity index (χ2n) is 5.12. The first-order valence-corrected chi connectivity index (χ1v) is 8.09. The number of carbonyl (C=O) groups excluding carboxylic acids is 1. The average Bonchev–Trinajstić information content (AvgIpc) is 2.91. The fraction of sp³-hybridized carbons (Fsp3) is 0.417. The molecule has 0 radical (unpaired) electrons. The first-order valence-electron chi connectivity index (χ1n) is 6.27. The van der Waals surface area contributed by atoms with Gasteiger partial charge in [-0.25, -0.2) is 8.42 Å². The van der Waals surface area contributed by atoms with Gasteiger partial charge in [0.1, 0.15) is 4.90 Å². The number of β-amino-alcohol motifs (C(OH)–C–C–N with tert-alkyl or cyclic N) is 2. The van der Waals surface area contributed by atoms with Gasteiger partial charge in [0.25, 0.3) is 0 Å². The van der Waals surface area contributed by atoms with Crippen molar-refractivity contribution in [3.8, 4) is 0 Å². The number of benzene rings is 1. The minimum Gasteiger partial charge on any atom is -0.389 e. The number of carbonyl (C=O) groups is 1. The second-order valence-corrected chi connectivity index (χ2v) is 7.44. The Labute approximate surface area is 126 Å². The van der Waals surface area contributed by atoms with Gasteiger partial charge in [-0.2, -0.15) is 4.31 Å². The van der Waals surface area contributed by atoms with Crippen LogP contribution in [-0.4, -0.2) is 54.1 Å². The summed E-state index contributed by atoms with van der Waals surface area (Å²) in [5.74, 6) is -0.220. The maximum atomic E-state index is 12.5. The molecule has 0 aromatic heterocycles. The summed E-state index contributed by atoms with van der Waals surface area (Å²) in [6.45, 7) is -0.373. The van der Waals surface area contributed by atoms with Crippen LogP contribution in [0.5, 0.6) is 0 Å². The zero-order valence-corrected chi connectivity index (χ0v) is 12.4. The minimum absolute atomic E-state index is 0.00757. The maximum Gasteiger partial charge on any atom is 0.244 e. The van der Waals surface area contributed by atoms with E-state index in [2.05, 4.69) is 5.32 Å². The van der Waals surface area contributed by atoms with Gasteiger partial charge >= 0.3 is 0 Å². The molecule has 1 fully saturated rings. The lowest BCUT2D eigenvalue weighted by Gasteiger charge is -2.17. The summed E-state index contributed by atoms with van der Waals surface area (Å²) < 4.78 is 26.1. The van der Waals surface area contributed by atoms with Crippen LogP contribution in [0.3, 0.4) is 0 Å². The fourth-order valence-electron chi connectivity index (χ4n) is 2.49. The molecule has 1 aromatic carbocycles. The third kappa shape index (κ3) is 2.43. The number of rotatable bonds is 2. The van der Waals surface area contributed by atoms with Crippen molar-refractivity contribution in [2.24, 2.45) is 0 Å².